The van der Waals surface area contributed by atoms with E-state index >= 15 is 0 Å². The van der Waals surface area contributed by atoms with Crippen LogP contribution in [-0.4, -0.2) is 14.2 Å². The molecular formula is C138H137Cl3F6O2. The zero-order valence-electron chi connectivity index (χ0n) is 87.3. The van der Waals surface area contributed by atoms with E-state index in [2.05, 4.69) is 298 Å². The van der Waals surface area contributed by atoms with E-state index in [1.54, 1.807) is 87.1 Å². The molecule has 0 fully saturated rings. The fraction of sp³-hybridized carbons (Fsp3) is 0.101. The SMILES string of the molecule is C=C(C)c1ccc(Cl)cc1.C=Cc1c(C)cc(C)cc1C.C=Cc1ccc(C(F)(F)F)cc1.C=Cc1ccc(C(c2ccccc2)c2ccccc2)cc1.C=Cc1ccc(C)cc1C.C=Cc1ccc(F)cc1.C=Cc1ccc(OC)c(OC)c1.C=Cc1ccc2c(c1)CC2.C=Cc1cccc(C)c1.C=Cc1cccc(Cl)c1.C=Cc1cccc(F)c1.C=Cc1ccccc1C.C=Cc1ccccc1Cl.C=Cc1ccccc1F. The summed E-state index contributed by atoms with van der Waals surface area (Å²) in [6.45, 7) is 67.7. The fourth-order valence-electron chi connectivity index (χ4n) is 13.9. The summed E-state index contributed by atoms with van der Waals surface area (Å²) in [4.78, 5) is 0. The van der Waals surface area contributed by atoms with Gasteiger partial charge in [-0.15, -0.1) is 0 Å². The minimum Gasteiger partial charge on any atom is -0.493 e. The highest BCUT2D eigenvalue weighted by atomic mass is 35.5. The molecule has 11 heteroatoms. The molecule has 0 heterocycles. The van der Waals surface area contributed by atoms with Crippen molar-refractivity contribution in [1.29, 1.82) is 0 Å². The maximum absolute atomic E-state index is 12.5. The van der Waals surface area contributed by atoms with Crippen LogP contribution in [0.5, 0.6) is 11.5 Å². The number of halogens is 9. The molecule has 1 aliphatic rings. The summed E-state index contributed by atoms with van der Waals surface area (Å²) in [5, 5.41) is 2.28. The predicted octanol–water partition coefficient (Wildman–Crippen LogP) is 41.9. The lowest BCUT2D eigenvalue weighted by molar-refractivity contribution is -0.137. The highest BCUT2D eigenvalue weighted by Gasteiger charge is 2.30. The van der Waals surface area contributed by atoms with Gasteiger partial charge in [-0.05, 0) is 276 Å². The number of ether oxygens (including phenoxy) is 2. The summed E-state index contributed by atoms with van der Waals surface area (Å²) in [7, 11) is 3.23. The Hall–Kier alpha value is -16.1. The van der Waals surface area contributed by atoms with E-state index in [9.17, 15) is 26.3 Å². The van der Waals surface area contributed by atoms with Gasteiger partial charge in [0.05, 0.1) is 19.8 Å². The number of aryl methyl sites for hydroxylation is 9. The summed E-state index contributed by atoms with van der Waals surface area (Å²) in [6.07, 6.45) is 21.2. The first-order chi connectivity index (χ1) is 71.5. The van der Waals surface area contributed by atoms with Crippen molar-refractivity contribution in [3.05, 3.63) is 645 Å². The van der Waals surface area contributed by atoms with Gasteiger partial charge in [0.1, 0.15) is 17.5 Å². The smallest absolute Gasteiger partial charge is 0.416 e. The molecule has 0 amide bonds. The first-order valence-corrected chi connectivity index (χ1v) is 49.0. The molecule has 0 saturated carbocycles. The highest BCUT2D eigenvalue weighted by molar-refractivity contribution is 6.32. The van der Waals surface area contributed by atoms with Crippen LogP contribution < -0.4 is 9.47 Å². The molecule has 0 saturated heterocycles. The van der Waals surface area contributed by atoms with E-state index < -0.39 is 11.7 Å². The standard InChI is InChI=1S/C21H18.C11H14.C10H12O2.C10H10.C10H12.C9H9Cl.C9H7F3.2C9H10.2C8H7Cl.3C8H7F/c1-2-17-13-15-20(16-14-17)21(18-9-5-3-6-10-18)19-11-7-4-8-12-19;1-5-11-9(3)6-8(2)7-10(11)4;1-4-8-5-6-9(11-2)10(7-8)12-3;1-2-8-3-4-9-5-6-10(9)7-8;1-4-10-6-5-8(2)7-9(10)3;1-7(2)8-3-5-9(10)6-4-8;1-2-7-3-5-8(6-4-7)9(10,11)12;1-3-9-6-4-5-8(2)7-9;1-3-9-7-5-4-6-8(9)2;1-2-7-4-3-5-8(9)6-7;1-2-7-5-3-4-6-8(7)9;1-2-7-3-5-8(9)6-4-7;1-2-7-4-3-5-8(9)6-7;1-2-7-5-3-4-6-8(7)9/h2-16,21H,1H2;5-7H,1H2,2-4H3;4-7H,1H2,2-3H3;2-4,7H,1,5-6H2;4-7H,1H2,2-3H3;3-6H,1H2,2H3;2-6H,1H2;2*3-7H,1H2,2H3;5*2-6H,1H2. The average molecular weight is 2050 g/mol. The van der Waals surface area contributed by atoms with Crippen LogP contribution in [-0.2, 0) is 19.0 Å². The van der Waals surface area contributed by atoms with Gasteiger partial charge in [0, 0.05) is 26.5 Å². The molecule has 1 aliphatic carbocycles. The summed E-state index contributed by atoms with van der Waals surface area (Å²) in [5.74, 6) is 1.10. The monoisotopic (exact) mass is 2040 g/mol. The molecule has 0 bridgehead atoms. The maximum atomic E-state index is 12.5. The lowest BCUT2D eigenvalue weighted by Crippen LogP contribution is -2.07. The Morgan fingerprint density at radius 1 is 0.289 bits per heavy atom. The topological polar surface area (TPSA) is 18.5 Å². The second kappa shape index (κ2) is 70.6. The second-order valence-corrected chi connectivity index (χ2v) is 34.6. The van der Waals surface area contributed by atoms with Crippen LogP contribution in [0.3, 0.4) is 0 Å². The number of fused-ring (bicyclic) bond motifs is 1. The number of alkyl halides is 3. The van der Waals surface area contributed by atoms with Gasteiger partial charge in [-0.25, -0.2) is 13.2 Å². The van der Waals surface area contributed by atoms with Gasteiger partial charge >= 0.3 is 6.18 Å². The van der Waals surface area contributed by atoms with E-state index in [0.717, 1.165) is 83.2 Å². The van der Waals surface area contributed by atoms with E-state index in [0.29, 0.717) is 11.1 Å². The van der Waals surface area contributed by atoms with Crippen molar-refractivity contribution in [2.75, 3.05) is 14.2 Å². The van der Waals surface area contributed by atoms with Gasteiger partial charge in [-0.1, -0.05) is 513 Å². The van der Waals surface area contributed by atoms with E-state index in [1.165, 1.54) is 162 Å². The van der Waals surface area contributed by atoms with Crippen LogP contribution in [0.25, 0.3) is 84.6 Å². The Kier molecular flexibility index (Phi) is 59.4. The maximum Gasteiger partial charge on any atom is 0.416 e. The second-order valence-electron chi connectivity index (χ2n) is 33.3. The molecule has 0 atom stereocenters. The molecule has 0 spiro atoms. The van der Waals surface area contributed by atoms with Crippen molar-refractivity contribution in [1.82, 2.24) is 0 Å². The van der Waals surface area contributed by atoms with Crippen molar-refractivity contribution in [2.45, 2.75) is 80.3 Å². The number of methoxy groups -OCH3 is 2. The first kappa shape index (κ1) is 125. The molecule has 764 valence electrons. The zero-order valence-corrected chi connectivity index (χ0v) is 89.6. The molecular weight excluding hydrogens is 1910 g/mol. The lowest BCUT2D eigenvalue weighted by Gasteiger charge is -2.19. The van der Waals surface area contributed by atoms with E-state index in [1.807, 2.05) is 159 Å². The van der Waals surface area contributed by atoms with Crippen molar-refractivity contribution >= 4 is 119 Å². The number of hydrogen-bond donors (Lipinski definition) is 0. The van der Waals surface area contributed by atoms with Crippen molar-refractivity contribution in [3.8, 4) is 11.5 Å². The normalized spacial score (nSPS) is 9.83. The van der Waals surface area contributed by atoms with E-state index in [4.69, 9.17) is 44.3 Å². The molecule has 16 aromatic rings. The van der Waals surface area contributed by atoms with Crippen LogP contribution in [0.2, 0.25) is 15.1 Å². The van der Waals surface area contributed by atoms with Gasteiger partial charge in [-0.2, -0.15) is 13.2 Å². The molecule has 16 aromatic carbocycles. The van der Waals surface area contributed by atoms with Crippen molar-refractivity contribution < 1.29 is 35.8 Å². The first-order valence-electron chi connectivity index (χ1n) is 47.8. The third-order valence-electron chi connectivity index (χ3n) is 22.2. The predicted molar refractivity (Wildman–Crippen MR) is 643 cm³/mol. The molecule has 149 heavy (non-hydrogen) atoms. The number of rotatable bonds is 19. The summed E-state index contributed by atoms with van der Waals surface area (Å²) >= 11 is 17.1. The molecule has 0 unspecified atom stereocenters. The van der Waals surface area contributed by atoms with Crippen LogP contribution in [0.1, 0.15) is 163 Å². The summed E-state index contributed by atoms with van der Waals surface area (Å²) in [5.41, 5.74) is 31.0. The molecule has 0 radical (unpaired) electrons. The molecule has 0 aromatic heterocycles. The van der Waals surface area contributed by atoms with Crippen molar-refractivity contribution in [2.24, 2.45) is 0 Å². The Balaban J connectivity index is 0.000000337. The summed E-state index contributed by atoms with van der Waals surface area (Å²) < 4.78 is 83.2. The Labute approximate surface area is 899 Å². The van der Waals surface area contributed by atoms with Gasteiger partial charge in [0.2, 0.25) is 0 Å². The zero-order chi connectivity index (χ0) is 110. The van der Waals surface area contributed by atoms with Gasteiger partial charge in [0.15, 0.2) is 11.5 Å². The van der Waals surface area contributed by atoms with Gasteiger partial charge in [0.25, 0.3) is 0 Å². The van der Waals surface area contributed by atoms with Crippen LogP contribution >= 0.6 is 34.8 Å². The third kappa shape index (κ3) is 48.2. The average Bonchev–Trinajstić information content (AvgIpc) is 0.810. The third-order valence-corrected chi connectivity index (χ3v) is 23.0. The number of benzene rings is 16. The highest BCUT2D eigenvalue weighted by Crippen LogP contribution is 2.34. The van der Waals surface area contributed by atoms with Crippen LogP contribution in [0.4, 0.5) is 26.3 Å². The Morgan fingerprint density at radius 3 is 1.09 bits per heavy atom. The molecule has 17 rings (SSSR count). The minimum atomic E-state index is -4.25. The Morgan fingerprint density at radius 2 is 0.691 bits per heavy atom. The summed E-state index contributed by atoms with van der Waals surface area (Å²) in [6, 6.07) is 116. The fourth-order valence-corrected chi connectivity index (χ4v) is 14.4. The molecule has 0 N–H and O–H groups in total. The van der Waals surface area contributed by atoms with Gasteiger partial charge in [-0.3, -0.25) is 0 Å². The number of hydrogen-bond acceptors (Lipinski definition) is 2. The number of allylic oxidation sites excluding steroid dienone is 1. The Bertz CT molecular complexity index is 6590. The lowest BCUT2D eigenvalue weighted by atomic mass is 9.85. The molecule has 2 nitrogen and oxygen atoms in total. The van der Waals surface area contributed by atoms with Crippen LogP contribution in [0.15, 0.2) is 462 Å². The van der Waals surface area contributed by atoms with Crippen LogP contribution in [0, 0.1) is 65.9 Å². The largest absolute Gasteiger partial charge is 0.493 e. The minimum absolute atomic E-state index is 0.208. The van der Waals surface area contributed by atoms with E-state index in [-0.39, 0.29) is 23.4 Å². The van der Waals surface area contributed by atoms with Gasteiger partial charge < -0.3 is 9.47 Å². The molecule has 0 aliphatic heterocycles. The van der Waals surface area contributed by atoms with Crippen molar-refractivity contribution in [3.63, 3.8) is 0 Å². The quantitative estimate of drug-likeness (QED) is 0.0593.